The zero-order valence-corrected chi connectivity index (χ0v) is 12.4. The van der Waals surface area contributed by atoms with Gasteiger partial charge in [-0.15, -0.1) is 0 Å². The molecule has 23 heavy (non-hydrogen) atoms. The normalized spacial score (nSPS) is 26.9. The van der Waals surface area contributed by atoms with Crippen LogP contribution in [0, 0.1) is 17.6 Å². The third kappa shape index (κ3) is 3.34. The Labute approximate surface area is 131 Å². The zero-order valence-electron chi connectivity index (χ0n) is 12.4. The highest BCUT2D eigenvalue weighted by Crippen LogP contribution is 2.49. The van der Waals surface area contributed by atoms with E-state index in [1.807, 2.05) is 0 Å². The van der Waals surface area contributed by atoms with Gasteiger partial charge in [-0.1, -0.05) is 12.1 Å². The first kappa shape index (κ1) is 15.9. The van der Waals surface area contributed by atoms with Crippen molar-refractivity contribution in [1.82, 2.24) is 4.90 Å². The number of carbonyl (C=O) groups excluding carboxylic acids is 1. The van der Waals surface area contributed by atoms with E-state index in [4.69, 9.17) is 9.84 Å². The molecule has 3 atom stereocenters. The summed E-state index contributed by atoms with van der Waals surface area (Å²) in [6.45, 7) is 0.902. The number of hydrogen-bond acceptors (Lipinski definition) is 3. The highest BCUT2D eigenvalue weighted by Gasteiger charge is 2.47. The molecule has 1 amide bonds. The fraction of sp³-hybridized carbons (Fsp3) is 0.500. The van der Waals surface area contributed by atoms with Crippen LogP contribution in [0.5, 0.6) is 0 Å². The van der Waals surface area contributed by atoms with E-state index in [0.29, 0.717) is 13.0 Å². The van der Waals surface area contributed by atoms with Crippen molar-refractivity contribution in [2.24, 2.45) is 5.92 Å². The summed E-state index contributed by atoms with van der Waals surface area (Å²) in [5.41, 5.74) is 0.235. The molecule has 3 rings (SSSR count). The average molecular weight is 325 g/mol. The van der Waals surface area contributed by atoms with Crippen LogP contribution in [0.4, 0.5) is 8.78 Å². The number of carboxylic acid groups (broad SMARTS) is 1. The molecule has 7 heteroatoms. The van der Waals surface area contributed by atoms with Crippen LogP contribution in [0.2, 0.25) is 0 Å². The number of amides is 1. The molecule has 0 bridgehead atoms. The molecule has 5 nitrogen and oxygen atoms in total. The Morgan fingerprint density at radius 2 is 2.13 bits per heavy atom. The van der Waals surface area contributed by atoms with Crippen molar-refractivity contribution in [3.05, 3.63) is 35.4 Å². The lowest BCUT2D eigenvalue weighted by atomic mass is 10.1. The molecule has 124 valence electrons. The second kappa shape index (κ2) is 6.23. The number of hydrogen-bond donors (Lipinski definition) is 1. The van der Waals surface area contributed by atoms with Crippen molar-refractivity contribution in [1.29, 1.82) is 0 Å². The first-order valence-electron chi connectivity index (χ1n) is 7.53. The molecular weight excluding hydrogens is 308 g/mol. The molecule has 1 heterocycles. The summed E-state index contributed by atoms with van der Waals surface area (Å²) >= 11 is 0. The number of benzene rings is 1. The third-order valence-electron chi connectivity index (χ3n) is 4.34. The number of rotatable bonds is 4. The lowest BCUT2D eigenvalue weighted by molar-refractivity contribution is -0.148. The molecule has 0 radical (unpaired) electrons. The van der Waals surface area contributed by atoms with Crippen molar-refractivity contribution in [2.45, 2.75) is 24.9 Å². The maximum absolute atomic E-state index is 13.8. The molecule has 0 unspecified atom stereocenters. The van der Waals surface area contributed by atoms with E-state index in [1.54, 1.807) is 4.90 Å². The predicted octanol–water partition coefficient (Wildman–Crippen LogP) is 1.77. The highest BCUT2D eigenvalue weighted by molar-refractivity contribution is 5.83. The van der Waals surface area contributed by atoms with Crippen LogP contribution in [0.3, 0.4) is 0 Å². The molecule has 1 saturated carbocycles. The van der Waals surface area contributed by atoms with Crippen LogP contribution in [0.1, 0.15) is 24.3 Å². The topological polar surface area (TPSA) is 66.8 Å². The van der Waals surface area contributed by atoms with E-state index in [0.717, 1.165) is 6.07 Å². The summed E-state index contributed by atoms with van der Waals surface area (Å²) in [5.74, 6) is -3.59. The van der Waals surface area contributed by atoms with Crippen molar-refractivity contribution in [2.75, 3.05) is 19.7 Å². The zero-order chi connectivity index (χ0) is 16.6. The fourth-order valence-electron chi connectivity index (χ4n) is 3.09. The van der Waals surface area contributed by atoms with Gasteiger partial charge in [0.1, 0.15) is 0 Å². The Hall–Kier alpha value is -2.02. The quantitative estimate of drug-likeness (QED) is 0.916. The van der Waals surface area contributed by atoms with Crippen molar-refractivity contribution < 1.29 is 28.2 Å². The number of carbonyl (C=O) groups is 2. The summed E-state index contributed by atoms with van der Waals surface area (Å²) in [5, 5.41) is 8.80. The lowest BCUT2D eigenvalue weighted by Crippen LogP contribution is -2.47. The van der Waals surface area contributed by atoms with Gasteiger partial charge in [-0.25, -0.2) is 8.78 Å². The van der Waals surface area contributed by atoms with Crippen LogP contribution >= 0.6 is 0 Å². The molecule has 0 aromatic heterocycles. The van der Waals surface area contributed by atoms with Gasteiger partial charge in [0.25, 0.3) is 0 Å². The predicted molar refractivity (Wildman–Crippen MR) is 75.8 cm³/mol. The minimum absolute atomic E-state index is 0.141. The summed E-state index contributed by atoms with van der Waals surface area (Å²) in [6.07, 6.45) is -0.190. The molecule has 1 aromatic rings. The van der Waals surface area contributed by atoms with E-state index in [2.05, 4.69) is 0 Å². The van der Waals surface area contributed by atoms with Gasteiger partial charge in [0.15, 0.2) is 11.6 Å². The first-order valence-corrected chi connectivity index (χ1v) is 7.53. The van der Waals surface area contributed by atoms with Crippen LogP contribution < -0.4 is 0 Å². The largest absolute Gasteiger partial charge is 0.481 e. The SMILES string of the molecule is O=C(O)C[C@@H]1CN(C(=O)[C@@H]2C[C@@H]2c2cccc(F)c2F)CCO1. The van der Waals surface area contributed by atoms with Crippen LogP contribution in [0.25, 0.3) is 0 Å². The van der Waals surface area contributed by atoms with Crippen molar-refractivity contribution in [3.63, 3.8) is 0 Å². The van der Waals surface area contributed by atoms with Gasteiger partial charge < -0.3 is 14.7 Å². The smallest absolute Gasteiger partial charge is 0.306 e. The monoisotopic (exact) mass is 325 g/mol. The summed E-state index contributed by atoms with van der Waals surface area (Å²) < 4.78 is 32.4. The maximum Gasteiger partial charge on any atom is 0.306 e. The van der Waals surface area contributed by atoms with E-state index >= 15 is 0 Å². The standard InChI is InChI=1S/C16H17F2NO4/c17-13-3-1-2-10(15(13)18)11-7-12(11)16(22)19-4-5-23-9(8-19)6-14(20)21/h1-3,9,11-12H,4-8H2,(H,20,21)/t9-,11-,12-/m1/s1. The van der Waals surface area contributed by atoms with Gasteiger partial charge in [-0.05, 0) is 24.0 Å². The number of carboxylic acids is 1. The molecule has 1 saturated heterocycles. The summed E-state index contributed by atoms with van der Waals surface area (Å²) in [6, 6.07) is 3.99. The third-order valence-corrected chi connectivity index (χ3v) is 4.34. The average Bonchev–Trinajstić information content (AvgIpc) is 3.29. The Balaban J connectivity index is 1.63. The van der Waals surface area contributed by atoms with Crippen LogP contribution in [-0.2, 0) is 14.3 Å². The molecule has 1 aliphatic carbocycles. The van der Waals surface area contributed by atoms with E-state index in [1.165, 1.54) is 12.1 Å². The Morgan fingerprint density at radius 3 is 2.87 bits per heavy atom. The molecular formula is C16H17F2NO4. The number of aliphatic carboxylic acids is 1. The molecule has 1 N–H and O–H groups in total. The number of halogens is 2. The highest BCUT2D eigenvalue weighted by atomic mass is 19.2. The molecule has 2 fully saturated rings. The van der Waals surface area contributed by atoms with E-state index < -0.39 is 23.7 Å². The van der Waals surface area contributed by atoms with Gasteiger partial charge in [0.2, 0.25) is 5.91 Å². The Bertz CT molecular complexity index is 637. The van der Waals surface area contributed by atoms with Gasteiger partial charge in [-0.2, -0.15) is 0 Å². The molecule has 1 aliphatic heterocycles. The fourth-order valence-corrected chi connectivity index (χ4v) is 3.09. The number of ether oxygens (including phenoxy) is 1. The molecule has 1 aromatic carbocycles. The van der Waals surface area contributed by atoms with Gasteiger partial charge in [0.05, 0.1) is 19.1 Å². The summed E-state index contributed by atoms with van der Waals surface area (Å²) in [7, 11) is 0. The van der Waals surface area contributed by atoms with Gasteiger partial charge >= 0.3 is 5.97 Å². The first-order chi connectivity index (χ1) is 11.0. The second-order valence-corrected chi connectivity index (χ2v) is 5.97. The Morgan fingerprint density at radius 1 is 1.35 bits per heavy atom. The van der Waals surface area contributed by atoms with Crippen LogP contribution in [0.15, 0.2) is 18.2 Å². The number of morpholine rings is 1. The number of nitrogens with zero attached hydrogens (tertiary/aromatic N) is 1. The van der Waals surface area contributed by atoms with E-state index in [-0.39, 0.29) is 42.9 Å². The Kier molecular flexibility index (Phi) is 4.30. The minimum Gasteiger partial charge on any atom is -0.481 e. The summed E-state index contributed by atoms with van der Waals surface area (Å²) in [4.78, 5) is 24.8. The van der Waals surface area contributed by atoms with Crippen molar-refractivity contribution in [3.8, 4) is 0 Å². The van der Waals surface area contributed by atoms with Crippen molar-refractivity contribution >= 4 is 11.9 Å². The second-order valence-electron chi connectivity index (χ2n) is 5.97. The maximum atomic E-state index is 13.8. The van der Waals surface area contributed by atoms with E-state index in [9.17, 15) is 18.4 Å². The molecule has 0 spiro atoms. The van der Waals surface area contributed by atoms with Gasteiger partial charge in [-0.3, -0.25) is 9.59 Å². The lowest BCUT2D eigenvalue weighted by Gasteiger charge is -2.32. The van der Waals surface area contributed by atoms with Crippen LogP contribution in [-0.4, -0.2) is 47.7 Å². The molecule has 2 aliphatic rings. The van der Waals surface area contributed by atoms with Gasteiger partial charge in [0, 0.05) is 19.0 Å². The minimum atomic E-state index is -0.976.